The van der Waals surface area contributed by atoms with Gasteiger partial charge in [0, 0.05) is 19.6 Å². The molecule has 116 valence electrons. The summed E-state index contributed by atoms with van der Waals surface area (Å²) >= 11 is 0. The van der Waals surface area contributed by atoms with Crippen LogP contribution in [0.1, 0.15) is 25.8 Å². The first-order valence-electron chi connectivity index (χ1n) is 7.53. The molecule has 2 unspecified atom stereocenters. The summed E-state index contributed by atoms with van der Waals surface area (Å²) in [6, 6.07) is 10.2. The third kappa shape index (κ3) is 3.63. The minimum absolute atomic E-state index is 0.0547. The molecule has 2 rings (SSSR count). The van der Waals surface area contributed by atoms with Crippen LogP contribution in [0.25, 0.3) is 0 Å². The zero-order valence-corrected chi connectivity index (χ0v) is 13.1. The van der Waals surface area contributed by atoms with E-state index in [2.05, 4.69) is 17.0 Å². The molecule has 1 aromatic carbocycles. The second-order valence-corrected chi connectivity index (χ2v) is 6.29. The molecule has 4 heteroatoms. The fourth-order valence-electron chi connectivity index (χ4n) is 3.37. The number of likely N-dealkylation sites (tertiary alicyclic amines) is 1. The van der Waals surface area contributed by atoms with Crippen molar-refractivity contribution in [1.29, 1.82) is 0 Å². The van der Waals surface area contributed by atoms with Crippen molar-refractivity contribution in [2.24, 2.45) is 11.8 Å². The van der Waals surface area contributed by atoms with E-state index in [0.29, 0.717) is 13.0 Å². The van der Waals surface area contributed by atoms with Crippen molar-refractivity contribution < 1.29 is 14.6 Å². The molecule has 1 N–H and O–H groups in total. The third-order valence-electron chi connectivity index (χ3n) is 4.31. The SMILES string of the molecule is COC(=O)C(C(C)C)C1(O)CCN(Cc2ccccc2)C1. The number of β-amino-alcohol motifs (C(OH)–C–C–N with tert-alkyl or cyclic N) is 1. The molecule has 1 saturated heterocycles. The van der Waals surface area contributed by atoms with Gasteiger partial charge in [-0.05, 0) is 17.9 Å². The van der Waals surface area contributed by atoms with Gasteiger partial charge in [0.15, 0.2) is 0 Å². The number of esters is 1. The second kappa shape index (κ2) is 6.58. The summed E-state index contributed by atoms with van der Waals surface area (Å²) in [5.74, 6) is -0.726. The maximum Gasteiger partial charge on any atom is 0.311 e. The van der Waals surface area contributed by atoms with Gasteiger partial charge in [0.25, 0.3) is 0 Å². The minimum Gasteiger partial charge on any atom is -0.469 e. The molecule has 0 amide bonds. The maximum atomic E-state index is 12.0. The lowest BCUT2D eigenvalue weighted by atomic mass is 9.79. The number of benzene rings is 1. The number of aliphatic hydroxyl groups is 1. The fourth-order valence-corrected chi connectivity index (χ4v) is 3.37. The van der Waals surface area contributed by atoms with Crippen molar-refractivity contribution in [1.82, 2.24) is 4.90 Å². The van der Waals surface area contributed by atoms with Crippen molar-refractivity contribution >= 4 is 5.97 Å². The molecule has 1 heterocycles. The molecule has 0 aromatic heterocycles. The number of methoxy groups -OCH3 is 1. The Hall–Kier alpha value is -1.39. The van der Waals surface area contributed by atoms with E-state index in [9.17, 15) is 9.90 Å². The predicted octanol–water partition coefficient (Wildman–Crippen LogP) is 2.07. The number of ether oxygens (including phenoxy) is 1. The maximum absolute atomic E-state index is 12.0. The Morgan fingerprint density at radius 1 is 1.38 bits per heavy atom. The standard InChI is InChI=1S/C17H25NO3/c1-13(2)15(16(19)21-3)17(20)9-10-18(12-17)11-14-7-5-4-6-8-14/h4-8,13,15,20H,9-12H2,1-3H3. The summed E-state index contributed by atoms with van der Waals surface area (Å²) in [6.45, 7) is 6.03. The molecule has 0 spiro atoms. The van der Waals surface area contributed by atoms with E-state index in [1.807, 2.05) is 32.0 Å². The van der Waals surface area contributed by atoms with Gasteiger partial charge in [-0.3, -0.25) is 9.69 Å². The van der Waals surface area contributed by atoms with Crippen LogP contribution in [0.4, 0.5) is 0 Å². The highest BCUT2D eigenvalue weighted by Gasteiger charge is 2.48. The van der Waals surface area contributed by atoms with Gasteiger partial charge >= 0.3 is 5.97 Å². The van der Waals surface area contributed by atoms with Gasteiger partial charge < -0.3 is 9.84 Å². The van der Waals surface area contributed by atoms with Gasteiger partial charge in [0.2, 0.25) is 0 Å². The molecule has 1 aliphatic rings. The van der Waals surface area contributed by atoms with Crippen LogP contribution >= 0.6 is 0 Å². The van der Waals surface area contributed by atoms with Crippen LogP contribution in [-0.4, -0.2) is 41.8 Å². The molecule has 1 aliphatic heterocycles. The number of hydrogen-bond acceptors (Lipinski definition) is 4. The molecular weight excluding hydrogens is 266 g/mol. The number of carbonyl (C=O) groups is 1. The van der Waals surface area contributed by atoms with Crippen molar-refractivity contribution in [3.05, 3.63) is 35.9 Å². The van der Waals surface area contributed by atoms with Crippen LogP contribution in [0.2, 0.25) is 0 Å². The summed E-state index contributed by atoms with van der Waals surface area (Å²) in [5.41, 5.74) is 0.233. The zero-order chi connectivity index (χ0) is 15.5. The van der Waals surface area contributed by atoms with Gasteiger partial charge in [0.1, 0.15) is 0 Å². The van der Waals surface area contributed by atoms with Gasteiger partial charge in [0.05, 0.1) is 18.6 Å². The minimum atomic E-state index is -0.990. The van der Waals surface area contributed by atoms with E-state index in [1.165, 1.54) is 12.7 Å². The lowest BCUT2D eigenvalue weighted by Gasteiger charge is -2.33. The van der Waals surface area contributed by atoms with Gasteiger partial charge in [-0.2, -0.15) is 0 Å². The molecule has 1 fully saturated rings. The van der Waals surface area contributed by atoms with Crippen molar-refractivity contribution in [3.63, 3.8) is 0 Å². The number of hydrogen-bond donors (Lipinski definition) is 1. The Kier molecular flexibility index (Phi) is 5.01. The van der Waals surface area contributed by atoms with Crippen LogP contribution in [0.5, 0.6) is 0 Å². The highest BCUT2D eigenvalue weighted by atomic mass is 16.5. The Labute approximate surface area is 126 Å². The molecule has 0 saturated carbocycles. The normalized spacial score (nSPS) is 24.2. The van der Waals surface area contributed by atoms with Crippen LogP contribution in [-0.2, 0) is 16.1 Å². The summed E-state index contributed by atoms with van der Waals surface area (Å²) in [5, 5.41) is 10.9. The molecule has 2 atom stereocenters. The number of nitrogens with zero attached hydrogens (tertiary/aromatic N) is 1. The third-order valence-corrected chi connectivity index (χ3v) is 4.31. The summed E-state index contributed by atoms with van der Waals surface area (Å²) in [6.07, 6.45) is 0.609. The number of carbonyl (C=O) groups excluding carboxylic acids is 1. The lowest BCUT2D eigenvalue weighted by Crippen LogP contribution is -2.47. The second-order valence-electron chi connectivity index (χ2n) is 6.29. The topological polar surface area (TPSA) is 49.8 Å². The highest BCUT2D eigenvalue weighted by molar-refractivity contribution is 5.74. The number of rotatable bonds is 5. The molecule has 1 aromatic rings. The van der Waals surface area contributed by atoms with Gasteiger partial charge in [-0.25, -0.2) is 0 Å². The zero-order valence-electron chi connectivity index (χ0n) is 13.1. The Bertz CT molecular complexity index is 474. The average Bonchev–Trinajstić information content (AvgIpc) is 2.81. The molecule has 0 aliphatic carbocycles. The van der Waals surface area contributed by atoms with E-state index in [4.69, 9.17) is 4.74 Å². The average molecular weight is 291 g/mol. The lowest BCUT2D eigenvalue weighted by molar-refractivity contribution is -0.158. The van der Waals surface area contributed by atoms with E-state index in [1.54, 1.807) is 0 Å². The van der Waals surface area contributed by atoms with Crippen molar-refractivity contribution in [3.8, 4) is 0 Å². The van der Waals surface area contributed by atoms with E-state index < -0.39 is 11.5 Å². The smallest absolute Gasteiger partial charge is 0.311 e. The van der Waals surface area contributed by atoms with Crippen LogP contribution in [0.15, 0.2) is 30.3 Å². The predicted molar refractivity (Wildman–Crippen MR) is 81.6 cm³/mol. The van der Waals surface area contributed by atoms with Gasteiger partial charge in [-0.1, -0.05) is 44.2 Å². The summed E-state index contributed by atoms with van der Waals surface area (Å²) in [4.78, 5) is 14.2. The molecule has 4 nitrogen and oxygen atoms in total. The fraction of sp³-hybridized carbons (Fsp3) is 0.588. The molecule has 21 heavy (non-hydrogen) atoms. The van der Waals surface area contributed by atoms with Crippen LogP contribution in [0.3, 0.4) is 0 Å². The quantitative estimate of drug-likeness (QED) is 0.844. The Balaban J connectivity index is 2.06. The van der Waals surface area contributed by atoms with E-state index in [0.717, 1.165) is 13.1 Å². The van der Waals surface area contributed by atoms with Crippen molar-refractivity contribution in [2.45, 2.75) is 32.4 Å². The van der Waals surface area contributed by atoms with Crippen LogP contribution in [0, 0.1) is 11.8 Å². The summed E-state index contributed by atoms with van der Waals surface area (Å²) in [7, 11) is 1.39. The Morgan fingerprint density at radius 2 is 2.05 bits per heavy atom. The molecule has 0 radical (unpaired) electrons. The molecular formula is C17H25NO3. The monoisotopic (exact) mass is 291 g/mol. The van der Waals surface area contributed by atoms with Crippen LogP contribution < -0.4 is 0 Å². The summed E-state index contributed by atoms with van der Waals surface area (Å²) < 4.78 is 4.89. The Morgan fingerprint density at radius 3 is 2.62 bits per heavy atom. The first kappa shape index (κ1) is 16.0. The van der Waals surface area contributed by atoms with E-state index >= 15 is 0 Å². The molecule has 0 bridgehead atoms. The van der Waals surface area contributed by atoms with E-state index in [-0.39, 0.29) is 11.9 Å². The first-order chi connectivity index (χ1) is 9.96. The largest absolute Gasteiger partial charge is 0.469 e. The van der Waals surface area contributed by atoms with Crippen molar-refractivity contribution in [2.75, 3.05) is 20.2 Å². The first-order valence-corrected chi connectivity index (χ1v) is 7.53. The highest BCUT2D eigenvalue weighted by Crippen LogP contribution is 2.35. The van der Waals surface area contributed by atoms with Gasteiger partial charge in [-0.15, -0.1) is 0 Å².